The third-order valence-corrected chi connectivity index (χ3v) is 1.95. The second kappa shape index (κ2) is 4.60. The molecule has 1 aromatic rings. The van der Waals surface area contributed by atoms with E-state index in [0.717, 1.165) is 5.56 Å². The maximum absolute atomic E-state index is 11.0. The fraction of sp³-hybridized carbons (Fsp3) is 0.400. The van der Waals surface area contributed by atoms with Crippen molar-refractivity contribution < 1.29 is 9.53 Å². The highest BCUT2D eigenvalue weighted by atomic mass is 16.5. The van der Waals surface area contributed by atoms with E-state index in [0.29, 0.717) is 6.42 Å². The number of hydrogen-bond donors (Lipinski definition) is 0. The Labute approximate surface area is 77.8 Å². The van der Waals surface area contributed by atoms with Crippen LogP contribution in [0, 0.1) is 0 Å². The lowest BCUT2D eigenvalue weighted by Crippen LogP contribution is -2.05. The van der Waals surface area contributed by atoms with E-state index in [1.165, 1.54) is 7.11 Å². The van der Waals surface area contributed by atoms with Crippen LogP contribution in [0.1, 0.15) is 24.8 Å². The molecule has 0 saturated heterocycles. The van der Waals surface area contributed by atoms with Crippen molar-refractivity contribution in [2.24, 2.45) is 0 Å². The normalized spacial score (nSPS) is 12.2. The molecule has 1 heterocycles. The number of carbonyl (C=O) groups is 1. The van der Waals surface area contributed by atoms with Gasteiger partial charge in [0.05, 0.1) is 13.5 Å². The number of nitrogens with zero attached hydrogens (tertiary/aromatic N) is 1. The second-order valence-corrected chi connectivity index (χ2v) is 2.97. The van der Waals surface area contributed by atoms with Gasteiger partial charge >= 0.3 is 5.97 Å². The van der Waals surface area contributed by atoms with Gasteiger partial charge in [-0.15, -0.1) is 0 Å². The molecule has 70 valence electrons. The second-order valence-electron chi connectivity index (χ2n) is 2.97. The van der Waals surface area contributed by atoms with Crippen molar-refractivity contribution >= 4 is 5.97 Å². The molecule has 0 aliphatic carbocycles. The summed E-state index contributed by atoms with van der Waals surface area (Å²) >= 11 is 0. The lowest BCUT2D eigenvalue weighted by Gasteiger charge is -2.08. The number of rotatable bonds is 3. The molecule has 3 heteroatoms. The predicted octanol–water partition coefficient (Wildman–Crippen LogP) is 1.75. The van der Waals surface area contributed by atoms with Crippen molar-refractivity contribution in [1.29, 1.82) is 0 Å². The minimum atomic E-state index is -0.184. The zero-order valence-corrected chi connectivity index (χ0v) is 7.86. The summed E-state index contributed by atoms with van der Waals surface area (Å²) in [6, 6.07) is 3.82. The van der Waals surface area contributed by atoms with Gasteiger partial charge in [-0.25, -0.2) is 0 Å². The third kappa shape index (κ3) is 2.86. The SMILES string of the molecule is COC(=O)C[C@H](C)c1cccnc1. The van der Waals surface area contributed by atoms with Crippen LogP contribution in [0.2, 0.25) is 0 Å². The molecule has 0 amide bonds. The van der Waals surface area contributed by atoms with Gasteiger partial charge in [-0.05, 0) is 17.5 Å². The lowest BCUT2D eigenvalue weighted by atomic mass is 10.00. The number of ether oxygens (including phenoxy) is 1. The summed E-state index contributed by atoms with van der Waals surface area (Å²) in [4.78, 5) is 14.9. The zero-order valence-electron chi connectivity index (χ0n) is 7.86. The Balaban J connectivity index is 2.59. The Kier molecular flexibility index (Phi) is 3.43. The molecule has 0 spiro atoms. The maximum Gasteiger partial charge on any atom is 0.306 e. The van der Waals surface area contributed by atoms with Gasteiger partial charge in [-0.2, -0.15) is 0 Å². The molecule has 0 radical (unpaired) electrons. The summed E-state index contributed by atoms with van der Waals surface area (Å²) in [6.07, 6.45) is 3.89. The topological polar surface area (TPSA) is 39.2 Å². The molecule has 0 unspecified atom stereocenters. The van der Waals surface area contributed by atoms with E-state index < -0.39 is 0 Å². The van der Waals surface area contributed by atoms with Crippen LogP contribution in [0.15, 0.2) is 24.5 Å². The summed E-state index contributed by atoms with van der Waals surface area (Å²) in [5, 5.41) is 0. The fourth-order valence-corrected chi connectivity index (χ4v) is 1.12. The van der Waals surface area contributed by atoms with Gasteiger partial charge in [0.1, 0.15) is 0 Å². The smallest absolute Gasteiger partial charge is 0.306 e. The van der Waals surface area contributed by atoms with Crippen molar-refractivity contribution in [3.8, 4) is 0 Å². The van der Waals surface area contributed by atoms with Gasteiger partial charge in [0.25, 0.3) is 0 Å². The maximum atomic E-state index is 11.0. The number of pyridine rings is 1. The minimum absolute atomic E-state index is 0.168. The van der Waals surface area contributed by atoms with Crippen LogP contribution in [0.25, 0.3) is 0 Å². The Morgan fingerprint density at radius 3 is 3.00 bits per heavy atom. The quantitative estimate of drug-likeness (QED) is 0.663. The molecule has 0 aromatic carbocycles. The van der Waals surface area contributed by atoms with E-state index in [-0.39, 0.29) is 11.9 Å². The summed E-state index contributed by atoms with van der Waals surface area (Å²) < 4.78 is 4.58. The molecule has 0 bridgehead atoms. The van der Waals surface area contributed by atoms with Crippen LogP contribution in [-0.4, -0.2) is 18.1 Å². The number of carbonyl (C=O) groups excluding carboxylic acids is 1. The number of aromatic nitrogens is 1. The van der Waals surface area contributed by atoms with Gasteiger partial charge < -0.3 is 4.74 Å². The van der Waals surface area contributed by atoms with Gasteiger partial charge in [-0.1, -0.05) is 13.0 Å². The van der Waals surface area contributed by atoms with E-state index in [1.54, 1.807) is 12.4 Å². The minimum Gasteiger partial charge on any atom is -0.469 e. The summed E-state index contributed by atoms with van der Waals surface area (Å²) in [5.74, 6) is -0.0162. The van der Waals surface area contributed by atoms with Gasteiger partial charge in [-0.3, -0.25) is 9.78 Å². The van der Waals surface area contributed by atoms with Crippen LogP contribution in [-0.2, 0) is 9.53 Å². The first-order valence-corrected chi connectivity index (χ1v) is 4.20. The summed E-state index contributed by atoms with van der Waals surface area (Å²) in [6.45, 7) is 1.98. The molecule has 0 fully saturated rings. The molecule has 0 saturated carbocycles. The number of hydrogen-bond acceptors (Lipinski definition) is 3. The lowest BCUT2D eigenvalue weighted by molar-refractivity contribution is -0.140. The molecule has 1 rings (SSSR count). The third-order valence-electron chi connectivity index (χ3n) is 1.95. The molecule has 0 aliphatic rings. The Morgan fingerprint density at radius 2 is 2.46 bits per heavy atom. The number of methoxy groups -OCH3 is 1. The standard InChI is InChI=1S/C10H13NO2/c1-8(6-10(12)13-2)9-4-3-5-11-7-9/h3-5,7-8H,6H2,1-2H3/t8-/m0/s1. The van der Waals surface area contributed by atoms with Gasteiger partial charge in [0.15, 0.2) is 0 Å². The van der Waals surface area contributed by atoms with Crippen LogP contribution < -0.4 is 0 Å². The predicted molar refractivity (Wildman–Crippen MR) is 49.3 cm³/mol. The zero-order chi connectivity index (χ0) is 9.68. The molecular weight excluding hydrogens is 166 g/mol. The summed E-state index contributed by atoms with van der Waals surface area (Å²) in [7, 11) is 1.40. The molecule has 13 heavy (non-hydrogen) atoms. The molecule has 1 aromatic heterocycles. The van der Waals surface area contributed by atoms with Gasteiger partial charge in [0, 0.05) is 12.4 Å². The van der Waals surface area contributed by atoms with Crippen LogP contribution in [0.3, 0.4) is 0 Å². The van der Waals surface area contributed by atoms with Crippen molar-refractivity contribution in [2.45, 2.75) is 19.3 Å². The largest absolute Gasteiger partial charge is 0.469 e. The first-order valence-electron chi connectivity index (χ1n) is 4.20. The van der Waals surface area contributed by atoms with Crippen molar-refractivity contribution in [3.05, 3.63) is 30.1 Å². The Bertz CT molecular complexity index is 272. The van der Waals surface area contributed by atoms with E-state index in [9.17, 15) is 4.79 Å². The molecule has 0 aliphatic heterocycles. The highest BCUT2D eigenvalue weighted by Crippen LogP contribution is 2.17. The van der Waals surface area contributed by atoms with Crippen LogP contribution in [0.5, 0.6) is 0 Å². The van der Waals surface area contributed by atoms with E-state index >= 15 is 0 Å². The molecule has 0 N–H and O–H groups in total. The fourth-order valence-electron chi connectivity index (χ4n) is 1.12. The van der Waals surface area contributed by atoms with Crippen molar-refractivity contribution in [1.82, 2.24) is 4.98 Å². The first kappa shape index (κ1) is 9.71. The Hall–Kier alpha value is -1.38. The molecule has 1 atom stereocenters. The highest BCUT2D eigenvalue weighted by Gasteiger charge is 2.10. The van der Waals surface area contributed by atoms with Crippen molar-refractivity contribution in [2.75, 3.05) is 7.11 Å². The van der Waals surface area contributed by atoms with E-state index in [1.807, 2.05) is 19.1 Å². The monoisotopic (exact) mass is 179 g/mol. The highest BCUT2D eigenvalue weighted by molar-refractivity contribution is 5.70. The average Bonchev–Trinajstić information content (AvgIpc) is 2.19. The Morgan fingerprint density at radius 1 is 1.69 bits per heavy atom. The number of esters is 1. The first-order chi connectivity index (χ1) is 6.24. The van der Waals surface area contributed by atoms with E-state index in [4.69, 9.17) is 0 Å². The summed E-state index contributed by atoms with van der Waals surface area (Å²) in [5.41, 5.74) is 1.06. The average molecular weight is 179 g/mol. The van der Waals surface area contributed by atoms with Gasteiger partial charge in [0.2, 0.25) is 0 Å². The van der Waals surface area contributed by atoms with E-state index in [2.05, 4.69) is 9.72 Å². The van der Waals surface area contributed by atoms with Crippen LogP contribution in [0.4, 0.5) is 0 Å². The molecular formula is C10H13NO2. The van der Waals surface area contributed by atoms with Crippen molar-refractivity contribution in [3.63, 3.8) is 0 Å². The molecule has 3 nitrogen and oxygen atoms in total. The van der Waals surface area contributed by atoms with Crippen LogP contribution >= 0.6 is 0 Å².